The summed E-state index contributed by atoms with van der Waals surface area (Å²) in [6.07, 6.45) is 5.92. The third-order valence-corrected chi connectivity index (χ3v) is 4.30. The fraction of sp³-hybridized carbons (Fsp3) is 0.529. The van der Waals surface area contributed by atoms with E-state index in [0.717, 1.165) is 6.42 Å². The standard InChI is InChI=1S/C17H22N2O5/c1-12-6-8-14(19(22)23)10-15(12)18-16(20)11-24-17(21)9-7-13-4-2-3-5-13/h6,8,10,13H,2-5,7,9,11H2,1H3,(H,18,20). The molecule has 0 aromatic heterocycles. The SMILES string of the molecule is Cc1ccc([N+](=O)[O-])cc1NC(=O)COC(=O)CCC1CCCC1. The second kappa shape index (κ2) is 8.42. The van der Waals surface area contributed by atoms with Gasteiger partial charge in [-0.15, -0.1) is 0 Å². The Labute approximate surface area is 140 Å². The number of hydrogen-bond acceptors (Lipinski definition) is 5. The normalized spacial score (nSPS) is 14.4. The highest BCUT2D eigenvalue weighted by Gasteiger charge is 2.17. The lowest BCUT2D eigenvalue weighted by molar-refractivity contribution is -0.384. The summed E-state index contributed by atoms with van der Waals surface area (Å²) < 4.78 is 4.97. The summed E-state index contributed by atoms with van der Waals surface area (Å²) in [5, 5.41) is 13.3. The maximum absolute atomic E-state index is 11.9. The van der Waals surface area contributed by atoms with Crippen molar-refractivity contribution in [2.75, 3.05) is 11.9 Å². The first-order valence-corrected chi connectivity index (χ1v) is 8.16. The third kappa shape index (κ3) is 5.33. The number of nitrogens with zero attached hydrogens (tertiary/aromatic N) is 1. The third-order valence-electron chi connectivity index (χ3n) is 4.30. The highest BCUT2D eigenvalue weighted by Crippen LogP contribution is 2.28. The van der Waals surface area contributed by atoms with Gasteiger partial charge in [-0.25, -0.2) is 0 Å². The van der Waals surface area contributed by atoms with E-state index < -0.39 is 10.8 Å². The number of amides is 1. The monoisotopic (exact) mass is 334 g/mol. The van der Waals surface area contributed by atoms with Crippen LogP contribution < -0.4 is 5.32 Å². The van der Waals surface area contributed by atoms with E-state index in [0.29, 0.717) is 23.6 Å². The molecule has 0 saturated heterocycles. The summed E-state index contributed by atoms with van der Waals surface area (Å²) in [7, 11) is 0. The number of aryl methyl sites for hydroxylation is 1. The minimum atomic E-state index is -0.530. The minimum absolute atomic E-state index is 0.107. The van der Waals surface area contributed by atoms with Gasteiger partial charge in [-0.1, -0.05) is 31.7 Å². The van der Waals surface area contributed by atoms with Crippen LogP contribution in [0.1, 0.15) is 44.1 Å². The van der Waals surface area contributed by atoms with Crippen LogP contribution in [0.2, 0.25) is 0 Å². The minimum Gasteiger partial charge on any atom is -0.456 e. The molecule has 0 unspecified atom stereocenters. The first kappa shape index (κ1) is 17.9. The molecule has 0 bridgehead atoms. The van der Waals surface area contributed by atoms with Crippen LogP contribution in [0.3, 0.4) is 0 Å². The summed E-state index contributed by atoms with van der Waals surface area (Å²) in [5.41, 5.74) is 0.933. The van der Waals surface area contributed by atoms with Gasteiger partial charge >= 0.3 is 5.97 Å². The first-order chi connectivity index (χ1) is 11.5. The zero-order valence-electron chi connectivity index (χ0n) is 13.7. The van der Waals surface area contributed by atoms with Gasteiger partial charge in [0.25, 0.3) is 11.6 Å². The van der Waals surface area contributed by atoms with Crippen molar-refractivity contribution < 1.29 is 19.2 Å². The summed E-state index contributed by atoms with van der Waals surface area (Å²) in [4.78, 5) is 33.8. The molecular weight excluding hydrogens is 312 g/mol. The van der Waals surface area contributed by atoms with Crippen molar-refractivity contribution >= 4 is 23.3 Å². The second-order valence-electron chi connectivity index (χ2n) is 6.15. The number of ether oxygens (including phenoxy) is 1. The lowest BCUT2D eigenvalue weighted by atomic mass is 10.0. The Morgan fingerprint density at radius 2 is 2.04 bits per heavy atom. The molecule has 1 aromatic carbocycles. The molecule has 1 aliphatic carbocycles. The van der Waals surface area contributed by atoms with Gasteiger partial charge in [0.2, 0.25) is 0 Å². The molecule has 1 fully saturated rings. The molecule has 130 valence electrons. The van der Waals surface area contributed by atoms with Gasteiger partial charge in [-0.3, -0.25) is 19.7 Å². The lowest BCUT2D eigenvalue weighted by Gasteiger charge is -2.10. The maximum Gasteiger partial charge on any atom is 0.306 e. The van der Waals surface area contributed by atoms with E-state index in [9.17, 15) is 19.7 Å². The Hall–Kier alpha value is -2.44. The summed E-state index contributed by atoms with van der Waals surface area (Å²) in [5.74, 6) is -0.292. The topological polar surface area (TPSA) is 98.5 Å². The fourth-order valence-electron chi connectivity index (χ4n) is 2.88. The van der Waals surface area contributed by atoms with E-state index >= 15 is 0 Å². The van der Waals surface area contributed by atoms with E-state index in [4.69, 9.17) is 4.74 Å². The van der Waals surface area contributed by atoms with E-state index in [1.54, 1.807) is 13.0 Å². The van der Waals surface area contributed by atoms with Crippen LogP contribution in [0.5, 0.6) is 0 Å². The number of nitro benzene ring substituents is 1. The number of carbonyl (C=O) groups is 2. The first-order valence-electron chi connectivity index (χ1n) is 8.16. The molecule has 0 spiro atoms. The van der Waals surface area contributed by atoms with Crippen molar-refractivity contribution in [3.8, 4) is 0 Å². The average molecular weight is 334 g/mol. The maximum atomic E-state index is 11.9. The Bertz CT molecular complexity index is 623. The molecule has 0 heterocycles. The molecule has 1 aromatic rings. The molecule has 0 radical (unpaired) electrons. The van der Waals surface area contributed by atoms with Crippen LogP contribution in [0.15, 0.2) is 18.2 Å². The predicted octanol–water partition coefficient (Wildman–Crippen LogP) is 3.36. The van der Waals surface area contributed by atoms with E-state index in [2.05, 4.69) is 5.32 Å². The molecule has 7 heteroatoms. The number of esters is 1. The van der Waals surface area contributed by atoms with Gasteiger partial charge < -0.3 is 10.1 Å². The number of nitrogens with one attached hydrogen (secondary N) is 1. The smallest absolute Gasteiger partial charge is 0.306 e. The van der Waals surface area contributed by atoms with Gasteiger partial charge in [0, 0.05) is 18.6 Å². The molecule has 7 nitrogen and oxygen atoms in total. The summed E-state index contributed by atoms with van der Waals surface area (Å²) in [6.45, 7) is 1.35. The second-order valence-corrected chi connectivity index (χ2v) is 6.15. The van der Waals surface area contributed by atoms with Crippen LogP contribution in [0.25, 0.3) is 0 Å². The van der Waals surface area contributed by atoms with Crippen LogP contribution in [-0.2, 0) is 14.3 Å². The van der Waals surface area contributed by atoms with Crippen molar-refractivity contribution in [1.29, 1.82) is 0 Å². The highest BCUT2D eigenvalue weighted by molar-refractivity contribution is 5.93. The number of benzene rings is 1. The number of nitro groups is 1. The predicted molar refractivity (Wildman–Crippen MR) is 88.6 cm³/mol. The molecule has 24 heavy (non-hydrogen) atoms. The Kier molecular flexibility index (Phi) is 6.28. The summed E-state index contributed by atoms with van der Waals surface area (Å²) >= 11 is 0. The van der Waals surface area contributed by atoms with Crippen LogP contribution in [0.4, 0.5) is 11.4 Å². The zero-order chi connectivity index (χ0) is 17.5. The van der Waals surface area contributed by atoms with Crippen LogP contribution >= 0.6 is 0 Å². The number of hydrogen-bond donors (Lipinski definition) is 1. The molecule has 1 aliphatic rings. The quantitative estimate of drug-likeness (QED) is 0.468. The highest BCUT2D eigenvalue weighted by atomic mass is 16.6. The molecular formula is C17H22N2O5. The molecule has 0 aliphatic heterocycles. The molecule has 1 amide bonds. The summed E-state index contributed by atoms with van der Waals surface area (Å²) in [6, 6.07) is 4.21. The fourth-order valence-corrected chi connectivity index (χ4v) is 2.88. The van der Waals surface area contributed by atoms with E-state index in [1.807, 2.05) is 0 Å². The van der Waals surface area contributed by atoms with Gasteiger partial charge in [-0.2, -0.15) is 0 Å². The Morgan fingerprint density at radius 1 is 1.33 bits per heavy atom. The van der Waals surface area contributed by atoms with Gasteiger partial charge in [0.05, 0.1) is 10.6 Å². The van der Waals surface area contributed by atoms with Crippen LogP contribution in [0, 0.1) is 23.0 Å². The van der Waals surface area contributed by atoms with Gasteiger partial charge in [-0.05, 0) is 24.8 Å². The molecule has 2 rings (SSSR count). The van der Waals surface area contributed by atoms with Gasteiger partial charge in [0.15, 0.2) is 6.61 Å². The van der Waals surface area contributed by atoms with Crippen LogP contribution in [-0.4, -0.2) is 23.4 Å². The Morgan fingerprint density at radius 3 is 2.71 bits per heavy atom. The van der Waals surface area contributed by atoms with Gasteiger partial charge in [0.1, 0.15) is 0 Å². The van der Waals surface area contributed by atoms with Crippen molar-refractivity contribution in [1.82, 2.24) is 0 Å². The van der Waals surface area contributed by atoms with E-state index in [1.165, 1.54) is 37.8 Å². The van der Waals surface area contributed by atoms with Crippen molar-refractivity contribution in [3.05, 3.63) is 33.9 Å². The lowest BCUT2D eigenvalue weighted by Crippen LogP contribution is -2.21. The number of non-ortho nitro benzene ring substituents is 1. The number of carbonyl (C=O) groups excluding carboxylic acids is 2. The molecule has 0 atom stereocenters. The zero-order valence-corrected chi connectivity index (χ0v) is 13.7. The Balaban J connectivity index is 1.77. The number of anilines is 1. The largest absolute Gasteiger partial charge is 0.456 e. The molecule has 1 N–H and O–H groups in total. The van der Waals surface area contributed by atoms with Crippen molar-refractivity contribution in [2.45, 2.75) is 45.4 Å². The van der Waals surface area contributed by atoms with Crippen molar-refractivity contribution in [2.24, 2.45) is 5.92 Å². The average Bonchev–Trinajstić information content (AvgIpc) is 3.06. The number of rotatable bonds is 7. The van der Waals surface area contributed by atoms with Crippen molar-refractivity contribution in [3.63, 3.8) is 0 Å². The van der Waals surface area contributed by atoms with E-state index in [-0.39, 0.29) is 18.3 Å². The molecule has 1 saturated carbocycles.